The molecule has 0 unspecified atom stereocenters. The van der Waals surface area contributed by atoms with Crippen molar-refractivity contribution in [2.45, 2.75) is 16.5 Å². The Hall–Kier alpha value is -2.29. The Labute approximate surface area is 170 Å². The summed E-state index contributed by atoms with van der Waals surface area (Å²) < 4.78 is 6.01. The summed E-state index contributed by atoms with van der Waals surface area (Å²) in [5.41, 5.74) is 1.51. The monoisotopic (exact) mass is 420 g/mol. The number of rotatable bonds is 7. The Bertz CT molecular complexity index is 918. The minimum absolute atomic E-state index is 0.114. The van der Waals surface area contributed by atoms with Crippen molar-refractivity contribution in [2.75, 3.05) is 17.7 Å². The molecule has 0 spiro atoms. The van der Waals surface area contributed by atoms with Crippen LogP contribution in [0.3, 0.4) is 0 Å². The number of anilines is 3. The fourth-order valence-electron chi connectivity index (χ4n) is 2.15. The van der Waals surface area contributed by atoms with Crippen LogP contribution in [0.1, 0.15) is 6.92 Å². The van der Waals surface area contributed by atoms with Crippen LogP contribution in [0.15, 0.2) is 52.9 Å². The predicted molar refractivity (Wildman–Crippen MR) is 112 cm³/mol. The SMILES string of the molecule is COc1ccccc1Nc1nnc(S[C@H](C)C(=O)Nc2ccc(Cl)cc2)s1. The van der Waals surface area contributed by atoms with E-state index in [0.717, 1.165) is 11.4 Å². The molecule has 2 N–H and O–H groups in total. The van der Waals surface area contributed by atoms with Gasteiger partial charge in [0.25, 0.3) is 0 Å². The second-order valence-electron chi connectivity index (χ2n) is 5.45. The Morgan fingerprint density at radius 3 is 2.67 bits per heavy atom. The van der Waals surface area contributed by atoms with Gasteiger partial charge in [-0.05, 0) is 43.3 Å². The van der Waals surface area contributed by atoms with E-state index in [9.17, 15) is 4.79 Å². The molecule has 1 amide bonds. The van der Waals surface area contributed by atoms with E-state index >= 15 is 0 Å². The van der Waals surface area contributed by atoms with Gasteiger partial charge >= 0.3 is 0 Å². The molecule has 0 saturated carbocycles. The summed E-state index contributed by atoms with van der Waals surface area (Å²) in [6, 6.07) is 14.6. The predicted octanol–water partition coefficient (Wildman–Crippen LogP) is 5.06. The summed E-state index contributed by atoms with van der Waals surface area (Å²) in [7, 11) is 1.61. The first-order chi connectivity index (χ1) is 13.0. The van der Waals surface area contributed by atoms with Crippen molar-refractivity contribution in [3.63, 3.8) is 0 Å². The average molecular weight is 421 g/mol. The zero-order valence-electron chi connectivity index (χ0n) is 14.6. The maximum Gasteiger partial charge on any atom is 0.237 e. The summed E-state index contributed by atoms with van der Waals surface area (Å²) in [6.45, 7) is 1.82. The molecule has 3 aromatic rings. The van der Waals surface area contributed by atoms with E-state index in [2.05, 4.69) is 20.8 Å². The maximum atomic E-state index is 12.3. The number of halogens is 1. The normalized spacial score (nSPS) is 11.7. The average Bonchev–Trinajstić information content (AvgIpc) is 3.10. The molecule has 1 heterocycles. The van der Waals surface area contributed by atoms with Crippen molar-refractivity contribution in [1.82, 2.24) is 10.2 Å². The minimum atomic E-state index is -0.326. The number of nitrogens with zero attached hydrogens (tertiary/aromatic N) is 2. The van der Waals surface area contributed by atoms with Crippen LogP contribution in [0.4, 0.5) is 16.5 Å². The molecule has 0 aliphatic carbocycles. The Kier molecular flexibility index (Phi) is 6.54. The third-order valence-corrected chi connectivity index (χ3v) is 5.79. The minimum Gasteiger partial charge on any atom is -0.495 e. The van der Waals surface area contributed by atoms with Gasteiger partial charge in [-0.2, -0.15) is 0 Å². The number of amides is 1. The van der Waals surface area contributed by atoms with Crippen LogP contribution in [0.2, 0.25) is 5.02 Å². The summed E-state index contributed by atoms with van der Waals surface area (Å²) in [5.74, 6) is 0.606. The molecule has 3 rings (SSSR count). The molecule has 27 heavy (non-hydrogen) atoms. The maximum absolute atomic E-state index is 12.3. The van der Waals surface area contributed by atoms with Crippen LogP contribution in [0.5, 0.6) is 5.75 Å². The van der Waals surface area contributed by atoms with Gasteiger partial charge in [-0.3, -0.25) is 4.79 Å². The standard InChI is InChI=1S/C18H17ClN4O2S2/c1-11(16(24)20-13-9-7-12(19)8-10-13)26-18-23-22-17(27-18)21-14-5-3-4-6-15(14)25-2/h3-11H,1-2H3,(H,20,24)(H,21,22)/t11-/m1/s1. The van der Waals surface area contributed by atoms with Gasteiger partial charge in [0.05, 0.1) is 18.0 Å². The number of hydrogen-bond acceptors (Lipinski definition) is 7. The van der Waals surface area contributed by atoms with Crippen molar-refractivity contribution < 1.29 is 9.53 Å². The highest BCUT2D eigenvalue weighted by molar-refractivity contribution is 8.02. The number of hydrogen-bond donors (Lipinski definition) is 2. The Balaban J connectivity index is 1.59. The van der Waals surface area contributed by atoms with Gasteiger partial charge in [-0.1, -0.05) is 46.8 Å². The molecule has 1 aromatic heterocycles. The molecule has 0 aliphatic heterocycles. The van der Waals surface area contributed by atoms with Gasteiger partial charge in [0.1, 0.15) is 5.75 Å². The number of thioether (sulfide) groups is 1. The number of methoxy groups -OCH3 is 1. The quantitative estimate of drug-likeness (QED) is 0.520. The second-order valence-corrected chi connectivity index (χ2v) is 8.46. The highest BCUT2D eigenvalue weighted by Gasteiger charge is 2.17. The fourth-order valence-corrected chi connectivity index (χ4v) is 4.19. The van der Waals surface area contributed by atoms with E-state index < -0.39 is 0 Å². The Morgan fingerprint density at radius 1 is 1.19 bits per heavy atom. The van der Waals surface area contributed by atoms with Gasteiger partial charge in [-0.15, -0.1) is 10.2 Å². The third kappa shape index (κ3) is 5.35. The van der Waals surface area contributed by atoms with E-state index in [1.165, 1.54) is 23.1 Å². The second kappa shape index (κ2) is 9.07. The lowest BCUT2D eigenvalue weighted by molar-refractivity contribution is -0.115. The third-order valence-electron chi connectivity index (χ3n) is 3.51. The summed E-state index contributed by atoms with van der Waals surface area (Å²) in [6.07, 6.45) is 0. The molecule has 2 aromatic carbocycles. The largest absolute Gasteiger partial charge is 0.495 e. The molecule has 6 nitrogen and oxygen atoms in total. The summed E-state index contributed by atoms with van der Waals surface area (Å²) in [5, 5.41) is 15.2. The van der Waals surface area contributed by atoms with Crippen molar-refractivity contribution in [3.05, 3.63) is 53.6 Å². The zero-order valence-corrected chi connectivity index (χ0v) is 17.0. The molecule has 1 atom stereocenters. The molecule has 0 fully saturated rings. The van der Waals surface area contributed by atoms with Crippen LogP contribution in [0.25, 0.3) is 0 Å². The van der Waals surface area contributed by atoms with Crippen LogP contribution in [0, 0.1) is 0 Å². The summed E-state index contributed by atoms with van der Waals surface area (Å²) >= 11 is 8.58. The molecule has 9 heteroatoms. The van der Waals surface area contributed by atoms with E-state index in [1.54, 1.807) is 31.4 Å². The van der Waals surface area contributed by atoms with Crippen LogP contribution < -0.4 is 15.4 Å². The lowest BCUT2D eigenvalue weighted by atomic mass is 10.3. The first-order valence-corrected chi connectivity index (χ1v) is 10.1. The van der Waals surface area contributed by atoms with Crippen LogP contribution >= 0.6 is 34.7 Å². The van der Waals surface area contributed by atoms with E-state index in [0.29, 0.717) is 20.2 Å². The van der Waals surface area contributed by atoms with Crippen molar-refractivity contribution in [3.8, 4) is 5.75 Å². The fraction of sp³-hybridized carbons (Fsp3) is 0.167. The lowest BCUT2D eigenvalue weighted by Crippen LogP contribution is -2.22. The topological polar surface area (TPSA) is 76.1 Å². The van der Waals surface area contributed by atoms with Crippen LogP contribution in [-0.4, -0.2) is 28.5 Å². The van der Waals surface area contributed by atoms with E-state index in [-0.39, 0.29) is 11.2 Å². The molecule has 0 radical (unpaired) electrons. The lowest BCUT2D eigenvalue weighted by Gasteiger charge is -2.10. The number of nitrogens with one attached hydrogen (secondary N) is 2. The molecule has 0 saturated heterocycles. The van der Waals surface area contributed by atoms with Gasteiger partial charge in [0.2, 0.25) is 11.0 Å². The number of para-hydroxylation sites is 2. The number of ether oxygens (including phenoxy) is 1. The molecule has 140 valence electrons. The zero-order chi connectivity index (χ0) is 19.2. The van der Waals surface area contributed by atoms with Gasteiger partial charge in [0, 0.05) is 10.7 Å². The first-order valence-electron chi connectivity index (χ1n) is 8.02. The number of aromatic nitrogens is 2. The smallest absolute Gasteiger partial charge is 0.237 e. The van der Waals surface area contributed by atoms with Crippen LogP contribution in [-0.2, 0) is 4.79 Å². The number of benzene rings is 2. The van der Waals surface area contributed by atoms with Crippen molar-refractivity contribution in [2.24, 2.45) is 0 Å². The van der Waals surface area contributed by atoms with Crippen molar-refractivity contribution in [1.29, 1.82) is 0 Å². The highest BCUT2D eigenvalue weighted by atomic mass is 35.5. The number of carbonyl (C=O) groups is 1. The summed E-state index contributed by atoms with van der Waals surface area (Å²) in [4.78, 5) is 12.3. The molecular weight excluding hydrogens is 404 g/mol. The van der Waals surface area contributed by atoms with E-state index in [4.69, 9.17) is 16.3 Å². The van der Waals surface area contributed by atoms with Gasteiger partial charge < -0.3 is 15.4 Å². The number of carbonyl (C=O) groups excluding carboxylic acids is 1. The highest BCUT2D eigenvalue weighted by Crippen LogP contribution is 2.33. The van der Waals surface area contributed by atoms with Crippen molar-refractivity contribution >= 4 is 57.1 Å². The molecule has 0 bridgehead atoms. The van der Waals surface area contributed by atoms with Gasteiger partial charge in [-0.25, -0.2) is 0 Å². The molecule has 0 aliphatic rings. The first kappa shape index (κ1) is 19.5. The van der Waals surface area contributed by atoms with E-state index in [1.807, 2.05) is 31.2 Å². The Morgan fingerprint density at radius 2 is 1.93 bits per heavy atom. The van der Waals surface area contributed by atoms with Gasteiger partial charge in [0.15, 0.2) is 4.34 Å². The molecular formula is C18H17ClN4O2S2.